The fraction of sp³-hybridized carbons (Fsp3) is 0.417. The van der Waals surface area contributed by atoms with E-state index in [1.807, 2.05) is 18.3 Å². The van der Waals surface area contributed by atoms with Crippen LogP contribution >= 0.6 is 22.7 Å². The van der Waals surface area contributed by atoms with Gasteiger partial charge in [0.25, 0.3) is 0 Å². The van der Waals surface area contributed by atoms with Gasteiger partial charge in [-0.3, -0.25) is 0 Å². The third-order valence-corrected chi connectivity index (χ3v) is 4.49. The molecule has 0 aliphatic carbocycles. The van der Waals surface area contributed by atoms with Crippen molar-refractivity contribution >= 4 is 22.7 Å². The number of aryl methyl sites for hydroxylation is 1. The summed E-state index contributed by atoms with van der Waals surface area (Å²) in [5, 5.41) is 8.87. The minimum Gasteiger partial charge on any atom is -0.310 e. The molecule has 0 radical (unpaired) electrons. The van der Waals surface area contributed by atoms with Crippen LogP contribution in [-0.4, -0.2) is 11.5 Å². The zero-order chi connectivity index (χ0) is 11.4. The van der Waals surface area contributed by atoms with Crippen molar-refractivity contribution < 1.29 is 0 Å². The predicted molar refractivity (Wildman–Crippen MR) is 71.3 cm³/mol. The van der Waals surface area contributed by atoms with E-state index in [4.69, 9.17) is 0 Å². The van der Waals surface area contributed by atoms with Crippen LogP contribution in [0.3, 0.4) is 0 Å². The quantitative estimate of drug-likeness (QED) is 0.882. The molecular weight excluding hydrogens is 236 g/mol. The maximum absolute atomic E-state index is 4.43. The molecular formula is C12H16N2S2. The van der Waals surface area contributed by atoms with Crippen LogP contribution < -0.4 is 5.32 Å². The molecule has 1 atom stereocenters. The van der Waals surface area contributed by atoms with Crippen molar-refractivity contribution in [2.75, 3.05) is 6.54 Å². The first-order chi connectivity index (χ1) is 7.75. The summed E-state index contributed by atoms with van der Waals surface area (Å²) in [4.78, 5) is 5.88. The third-order valence-electron chi connectivity index (χ3n) is 2.42. The van der Waals surface area contributed by atoms with E-state index in [0.717, 1.165) is 18.8 Å². The number of hydrogen-bond acceptors (Lipinski definition) is 4. The second-order valence-corrected chi connectivity index (χ2v) is 5.85. The third kappa shape index (κ3) is 3.14. The van der Waals surface area contributed by atoms with Crippen molar-refractivity contribution in [1.29, 1.82) is 0 Å². The average Bonchev–Trinajstić information content (AvgIpc) is 2.89. The molecule has 2 heterocycles. The summed E-state index contributed by atoms with van der Waals surface area (Å²) in [6, 6.07) is 4.31. The first-order valence-electron chi connectivity index (χ1n) is 5.41. The maximum atomic E-state index is 4.43. The lowest BCUT2D eigenvalue weighted by Crippen LogP contribution is -2.19. The lowest BCUT2D eigenvalue weighted by Gasteiger charge is -2.09. The summed E-state index contributed by atoms with van der Waals surface area (Å²) < 4.78 is 0. The Hall–Kier alpha value is -0.710. The number of aromatic nitrogens is 1. The van der Waals surface area contributed by atoms with Gasteiger partial charge in [0, 0.05) is 35.0 Å². The molecule has 86 valence electrons. The monoisotopic (exact) mass is 252 g/mol. The zero-order valence-electron chi connectivity index (χ0n) is 9.56. The van der Waals surface area contributed by atoms with Gasteiger partial charge in [0.15, 0.2) is 0 Å². The molecule has 0 saturated carbocycles. The van der Waals surface area contributed by atoms with Crippen LogP contribution in [0.1, 0.15) is 28.4 Å². The largest absolute Gasteiger partial charge is 0.310 e. The normalized spacial score (nSPS) is 12.9. The first-order valence-corrected chi connectivity index (χ1v) is 7.17. The van der Waals surface area contributed by atoms with E-state index in [-0.39, 0.29) is 0 Å². The van der Waals surface area contributed by atoms with Gasteiger partial charge in [0.05, 0.1) is 0 Å². The highest BCUT2D eigenvalue weighted by Gasteiger charge is 2.06. The van der Waals surface area contributed by atoms with Gasteiger partial charge in [-0.05, 0) is 18.4 Å². The SMILES string of the molecule is Cc1csc(CNCC(C)c2cccs2)n1. The van der Waals surface area contributed by atoms with Crippen molar-refractivity contribution in [2.45, 2.75) is 26.3 Å². The van der Waals surface area contributed by atoms with Gasteiger partial charge in [0.1, 0.15) is 5.01 Å². The van der Waals surface area contributed by atoms with Gasteiger partial charge in [-0.25, -0.2) is 4.98 Å². The van der Waals surface area contributed by atoms with Crippen molar-refractivity contribution in [3.05, 3.63) is 38.5 Å². The Morgan fingerprint density at radius 3 is 2.94 bits per heavy atom. The molecule has 1 unspecified atom stereocenters. The molecule has 2 aromatic rings. The average molecular weight is 252 g/mol. The Labute approximate surface area is 104 Å². The van der Waals surface area contributed by atoms with Crippen molar-refractivity contribution in [3.63, 3.8) is 0 Å². The van der Waals surface area contributed by atoms with E-state index in [1.165, 1.54) is 9.88 Å². The smallest absolute Gasteiger partial charge is 0.107 e. The molecule has 16 heavy (non-hydrogen) atoms. The van der Waals surface area contributed by atoms with Gasteiger partial charge < -0.3 is 5.32 Å². The number of nitrogens with one attached hydrogen (secondary N) is 1. The highest BCUT2D eigenvalue weighted by molar-refractivity contribution is 7.10. The summed E-state index contributed by atoms with van der Waals surface area (Å²) in [7, 11) is 0. The summed E-state index contributed by atoms with van der Waals surface area (Å²) >= 11 is 3.56. The molecule has 0 bridgehead atoms. The van der Waals surface area contributed by atoms with Gasteiger partial charge >= 0.3 is 0 Å². The fourth-order valence-electron chi connectivity index (χ4n) is 1.55. The molecule has 0 aliphatic rings. The highest BCUT2D eigenvalue weighted by atomic mass is 32.1. The molecule has 1 N–H and O–H groups in total. The number of thiophene rings is 1. The number of rotatable bonds is 5. The molecule has 0 aliphatic heterocycles. The van der Waals surface area contributed by atoms with Crippen LogP contribution in [-0.2, 0) is 6.54 Å². The molecule has 0 saturated heterocycles. The summed E-state index contributed by atoms with van der Waals surface area (Å²) in [5.74, 6) is 0.584. The second kappa shape index (κ2) is 5.57. The predicted octanol–water partition coefficient (Wildman–Crippen LogP) is 3.41. The molecule has 0 amide bonds. The van der Waals surface area contributed by atoms with Crippen LogP contribution in [0.2, 0.25) is 0 Å². The fourth-order valence-corrected chi connectivity index (χ4v) is 3.08. The van der Waals surface area contributed by atoms with Gasteiger partial charge in [-0.2, -0.15) is 0 Å². The van der Waals surface area contributed by atoms with E-state index < -0.39 is 0 Å². The Kier molecular flexibility index (Phi) is 4.09. The van der Waals surface area contributed by atoms with Crippen molar-refractivity contribution in [1.82, 2.24) is 10.3 Å². The molecule has 0 fully saturated rings. The van der Waals surface area contributed by atoms with Crippen LogP contribution in [0.25, 0.3) is 0 Å². The summed E-state index contributed by atoms with van der Waals surface area (Å²) in [5.41, 5.74) is 1.12. The van der Waals surface area contributed by atoms with E-state index in [9.17, 15) is 0 Å². The van der Waals surface area contributed by atoms with Gasteiger partial charge in [0.2, 0.25) is 0 Å². The molecule has 2 rings (SSSR count). The molecule has 2 aromatic heterocycles. The molecule has 0 aromatic carbocycles. The number of thiazole rings is 1. The highest BCUT2D eigenvalue weighted by Crippen LogP contribution is 2.19. The Morgan fingerprint density at radius 1 is 1.44 bits per heavy atom. The van der Waals surface area contributed by atoms with Gasteiger partial charge in [-0.15, -0.1) is 22.7 Å². The second-order valence-electron chi connectivity index (χ2n) is 3.93. The standard InChI is InChI=1S/C12H16N2S2/c1-9(11-4-3-5-15-11)6-13-7-12-14-10(2)8-16-12/h3-5,8-9,13H,6-7H2,1-2H3. The minimum absolute atomic E-state index is 0.584. The number of nitrogens with zero attached hydrogens (tertiary/aromatic N) is 1. The van der Waals surface area contributed by atoms with E-state index in [2.05, 4.69) is 40.1 Å². The van der Waals surface area contributed by atoms with Crippen LogP contribution in [0.5, 0.6) is 0 Å². The molecule has 2 nitrogen and oxygen atoms in total. The zero-order valence-corrected chi connectivity index (χ0v) is 11.2. The minimum atomic E-state index is 0.584. The molecule has 0 spiro atoms. The van der Waals surface area contributed by atoms with Gasteiger partial charge in [-0.1, -0.05) is 13.0 Å². The first kappa shape index (κ1) is 11.8. The van der Waals surface area contributed by atoms with Crippen LogP contribution in [0.4, 0.5) is 0 Å². The lowest BCUT2D eigenvalue weighted by atomic mass is 10.1. The van der Waals surface area contributed by atoms with Crippen LogP contribution in [0, 0.1) is 6.92 Å². The lowest BCUT2D eigenvalue weighted by molar-refractivity contribution is 0.619. The van der Waals surface area contributed by atoms with E-state index in [0.29, 0.717) is 5.92 Å². The Morgan fingerprint density at radius 2 is 2.31 bits per heavy atom. The van der Waals surface area contributed by atoms with Crippen molar-refractivity contribution in [2.24, 2.45) is 0 Å². The number of hydrogen-bond donors (Lipinski definition) is 1. The van der Waals surface area contributed by atoms with Crippen LogP contribution in [0.15, 0.2) is 22.9 Å². The van der Waals surface area contributed by atoms with E-state index >= 15 is 0 Å². The van der Waals surface area contributed by atoms with E-state index in [1.54, 1.807) is 11.3 Å². The Balaban J connectivity index is 1.76. The Bertz CT molecular complexity index is 420. The molecule has 4 heteroatoms. The summed E-state index contributed by atoms with van der Waals surface area (Å²) in [6.07, 6.45) is 0. The van der Waals surface area contributed by atoms with Crippen molar-refractivity contribution in [3.8, 4) is 0 Å². The maximum Gasteiger partial charge on any atom is 0.107 e. The summed E-state index contributed by atoms with van der Waals surface area (Å²) in [6.45, 7) is 6.19. The topological polar surface area (TPSA) is 24.9 Å².